The van der Waals surface area contributed by atoms with Gasteiger partial charge in [0.15, 0.2) is 0 Å². The Kier molecular flexibility index (Phi) is 4.90. The van der Waals surface area contributed by atoms with Crippen LogP contribution < -0.4 is 0 Å². The van der Waals surface area contributed by atoms with Crippen LogP contribution in [0.1, 0.15) is 18.1 Å². The van der Waals surface area contributed by atoms with E-state index >= 15 is 0 Å². The molecule has 0 aliphatic rings. The molecule has 0 radical (unpaired) electrons. The van der Waals surface area contributed by atoms with E-state index in [9.17, 15) is 8.42 Å². The molecule has 0 saturated carbocycles. The van der Waals surface area contributed by atoms with Crippen LogP contribution in [-0.4, -0.2) is 44.2 Å². The van der Waals surface area contributed by atoms with Crippen LogP contribution in [0.3, 0.4) is 0 Å². The van der Waals surface area contributed by atoms with Crippen molar-refractivity contribution in [3.05, 3.63) is 35.4 Å². The number of aryl methyl sites for hydroxylation is 1. The van der Waals surface area contributed by atoms with Gasteiger partial charge in [-0.15, -0.1) is 0 Å². The minimum atomic E-state index is -3.34. The molecule has 102 valence electrons. The summed E-state index contributed by atoms with van der Waals surface area (Å²) in [4.78, 5) is 0. The van der Waals surface area contributed by atoms with E-state index in [0.29, 0.717) is 6.42 Å². The number of hydrogen-bond donors (Lipinski definition) is 0. The Hall–Kier alpha value is -0.910. The molecule has 0 heterocycles. The normalized spacial score (nSPS) is 14.2. The molecule has 0 saturated heterocycles. The second-order valence-electron chi connectivity index (χ2n) is 4.85. The lowest BCUT2D eigenvalue weighted by Gasteiger charge is -2.27. The molecule has 18 heavy (non-hydrogen) atoms. The fourth-order valence-electron chi connectivity index (χ4n) is 1.68. The maximum atomic E-state index is 12.0. The summed E-state index contributed by atoms with van der Waals surface area (Å²) >= 11 is 0. The van der Waals surface area contributed by atoms with Gasteiger partial charge in [0, 0.05) is 27.2 Å². The molecule has 5 heteroatoms. The predicted octanol–water partition coefficient (Wildman–Crippen LogP) is 1.66. The summed E-state index contributed by atoms with van der Waals surface area (Å²) in [6.07, 6.45) is 0.712. The molecular formula is C13H22N2O2S. The van der Waals surface area contributed by atoms with Crippen LogP contribution in [0.25, 0.3) is 0 Å². The first kappa shape index (κ1) is 15.1. The number of likely N-dealkylation sites (N-methyl/N-ethyl adjacent to an activating group) is 1. The first-order valence-electron chi connectivity index (χ1n) is 5.96. The van der Waals surface area contributed by atoms with Crippen molar-refractivity contribution in [2.75, 3.05) is 21.1 Å². The van der Waals surface area contributed by atoms with Crippen molar-refractivity contribution in [2.45, 2.75) is 26.3 Å². The van der Waals surface area contributed by atoms with Gasteiger partial charge in [-0.3, -0.25) is 0 Å². The Labute approximate surface area is 110 Å². The van der Waals surface area contributed by atoms with E-state index in [4.69, 9.17) is 0 Å². The zero-order valence-electron chi connectivity index (χ0n) is 11.7. The van der Waals surface area contributed by atoms with Crippen molar-refractivity contribution < 1.29 is 8.42 Å². The average Bonchev–Trinajstić information content (AvgIpc) is 2.30. The van der Waals surface area contributed by atoms with E-state index in [1.165, 1.54) is 14.2 Å². The molecule has 0 aliphatic heterocycles. The maximum Gasteiger partial charge on any atom is 0.281 e. The van der Waals surface area contributed by atoms with E-state index < -0.39 is 10.2 Å². The van der Waals surface area contributed by atoms with Gasteiger partial charge in [-0.25, -0.2) is 0 Å². The lowest BCUT2D eigenvalue weighted by atomic mass is 10.1. The van der Waals surface area contributed by atoms with E-state index in [0.717, 1.165) is 5.56 Å². The molecule has 0 fully saturated rings. The van der Waals surface area contributed by atoms with Gasteiger partial charge in [0.25, 0.3) is 10.2 Å². The minimum Gasteiger partial charge on any atom is -0.195 e. The highest BCUT2D eigenvalue weighted by atomic mass is 32.2. The molecule has 1 aromatic carbocycles. The Balaban J connectivity index is 2.77. The van der Waals surface area contributed by atoms with Crippen LogP contribution in [0.4, 0.5) is 0 Å². The van der Waals surface area contributed by atoms with Crippen LogP contribution in [0.15, 0.2) is 24.3 Å². The topological polar surface area (TPSA) is 40.6 Å². The predicted molar refractivity (Wildman–Crippen MR) is 74.7 cm³/mol. The third kappa shape index (κ3) is 3.54. The molecule has 0 amide bonds. The minimum absolute atomic E-state index is 0.0693. The summed E-state index contributed by atoms with van der Waals surface area (Å²) in [7, 11) is 1.37. The van der Waals surface area contributed by atoms with E-state index in [1.54, 1.807) is 21.1 Å². The third-order valence-electron chi connectivity index (χ3n) is 3.10. The molecular weight excluding hydrogens is 248 g/mol. The molecule has 0 aliphatic carbocycles. The molecule has 1 aromatic rings. The molecule has 0 bridgehead atoms. The van der Waals surface area contributed by atoms with E-state index in [2.05, 4.69) is 0 Å². The average molecular weight is 270 g/mol. The van der Waals surface area contributed by atoms with E-state index in [-0.39, 0.29) is 6.04 Å². The van der Waals surface area contributed by atoms with Gasteiger partial charge >= 0.3 is 0 Å². The zero-order chi connectivity index (χ0) is 13.9. The lowest BCUT2D eigenvalue weighted by Crippen LogP contribution is -2.43. The second-order valence-corrected chi connectivity index (χ2v) is 7.05. The SMILES string of the molecule is Cc1ccc(C[C@H](C)N(C)S(=O)(=O)N(C)C)cc1. The van der Waals surface area contributed by atoms with Crippen LogP contribution in [-0.2, 0) is 16.6 Å². The molecule has 0 unspecified atom stereocenters. The fraction of sp³-hybridized carbons (Fsp3) is 0.538. The van der Waals surface area contributed by atoms with Crippen molar-refractivity contribution >= 4 is 10.2 Å². The smallest absolute Gasteiger partial charge is 0.195 e. The highest BCUT2D eigenvalue weighted by Gasteiger charge is 2.25. The van der Waals surface area contributed by atoms with Crippen molar-refractivity contribution in [1.29, 1.82) is 0 Å². The first-order valence-corrected chi connectivity index (χ1v) is 7.36. The van der Waals surface area contributed by atoms with Crippen LogP contribution in [0.2, 0.25) is 0 Å². The molecule has 0 aromatic heterocycles. The van der Waals surface area contributed by atoms with Crippen LogP contribution in [0, 0.1) is 6.92 Å². The van der Waals surface area contributed by atoms with Gasteiger partial charge in [0.05, 0.1) is 0 Å². The summed E-state index contributed by atoms with van der Waals surface area (Å²) in [5.74, 6) is 0. The van der Waals surface area contributed by atoms with Crippen molar-refractivity contribution in [3.8, 4) is 0 Å². The van der Waals surface area contributed by atoms with Gasteiger partial charge in [0.1, 0.15) is 0 Å². The van der Waals surface area contributed by atoms with Crippen LogP contribution >= 0.6 is 0 Å². The molecule has 1 rings (SSSR count). The van der Waals surface area contributed by atoms with Crippen molar-refractivity contribution in [2.24, 2.45) is 0 Å². The van der Waals surface area contributed by atoms with Crippen molar-refractivity contribution in [1.82, 2.24) is 8.61 Å². The van der Waals surface area contributed by atoms with Crippen LogP contribution in [0.5, 0.6) is 0 Å². The third-order valence-corrected chi connectivity index (χ3v) is 5.11. The molecule has 0 spiro atoms. The van der Waals surface area contributed by atoms with Gasteiger partial charge in [-0.05, 0) is 25.8 Å². The summed E-state index contributed by atoms with van der Waals surface area (Å²) < 4.78 is 26.6. The second kappa shape index (κ2) is 5.82. The number of rotatable bonds is 5. The Morgan fingerprint density at radius 1 is 1.11 bits per heavy atom. The molecule has 4 nitrogen and oxygen atoms in total. The maximum absolute atomic E-state index is 12.0. The first-order chi connectivity index (χ1) is 8.25. The van der Waals surface area contributed by atoms with E-state index in [1.807, 2.05) is 38.1 Å². The standard InChI is InChI=1S/C13H22N2O2S/c1-11-6-8-13(9-7-11)10-12(2)15(5)18(16,17)14(3)4/h6-9,12H,10H2,1-5H3/t12-/m0/s1. The van der Waals surface area contributed by atoms with Gasteiger partial charge < -0.3 is 0 Å². The van der Waals surface area contributed by atoms with Crippen molar-refractivity contribution in [3.63, 3.8) is 0 Å². The van der Waals surface area contributed by atoms with Gasteiger partial charge in [-0.2, -0.15) is 17.0 Å². The monoisotopic (exact) mass is 270 g/mol. The Morgan fingerprint density at radius 2 is 1.61 bits per heavy atom. The summed E-state index contributed by atoms with van der Waals surface area (Å²) in [5.41, 5.74) is 2.36. The number of hydrogen-bond acceptors (Lipinski definition) is 2. The Morgan fingerprint density at radius 3 is 2.06 bits per heavy atom. The highest BCUT2D eigenvalue weighted by Crippen LogP contribution is 2.13. The quantitative estimate of drug-likeness (QED) is 0.816. The summed E-state index contributed by atoms with van der Waals surface area (Å²) in [5, 5.41) is 0. The lowest BCUT2D eigenvalue weighted by molar-refractivity contribution is 0.356. The summed E-state index contributed by atoms with van der Waals surface area (Å²) in [6, 6.07) is 8.11. The highest BCUT2D eigenvalue weighted by molar-refractivity contribution is 7.86. The number of benzene rings is 1. The Bertz CT molecular complexity index is 480. The summed E-state index contributed by atoms with van der Waals surface area (Å²) in [6.45, 7) is 3.96. The van der Waals surface area contributed by atoms with Gasteiger partial charge in [0.2, 0.25) is 0 Å². The zero-order valence-corrected chi connectivity index (χ0v) is 12.5. The van der Waals surface area contributed by atoms with Gasteiger partial charge in [-0.1, -0.05) is 29.8 Å². The largest absolute Gasteiger partial charge is 0.281 e. The molecule has 0 N–H and O–H groups in total. The molecule has 1 atom stereocenters. The fourth-order valence-corrected chi connectivity index (χ4v) is 2.72. The number of nitrogens with zero attached hydrogens (tertiary/aromatic N) is 2.